The van der Waals surface area contributed by atoms with Gasteiger partial charge in [0.2, 0.25) is 10.0 Å². The van der Waals surface area contributed by atoms with Crippen LogP contribution in [-0.2, 0) is 15.4 Å². The lowest BCUT2D eigenvalue weighted by Gasteiger charge is -2.32. The van der Waals surface area contributed by atoms with Crippen molar-refractivity contribution < 1.29 is 22.7 Å². The van der Waals surface area contributed by atoms with E-state index in [1.54, 1.807) is 16.4 Å². The number of hydrogen-bond acceptors (Lipinski definition) is 5. The molecule has 1 unspecified atom stereocenters. The molecule has 0 saturated carbocycles. The summed E-state index contributed by atoms with van der Waals surface area (Å²) in [5, 5.41) is 2.98. The van der Waals surface area contributed by atoms with Crippen LogP contribution in [0, 0.1) is 0 Å². The van der Waals surface area contributed by atoms with Crippen LogP contribution in [0.4, 0.5) is 0 Å². The summed E-state index contributed by atoms with van der Waals surface area (Å²) in [4.78, 5) is 13.0. The Morgan fingerprint density at radius 3 is 2.45 bits per heavy atom. The van der Waals surface area contributed by atoms with Crippen molar-refractivity contribution in [1.29, 1.82) is 0 Å². The molecule has 0 aliphatic carbocycles. The summed E-state index contributed by atoms with van der Waals surface area (Å²) >= 11 is 0. The minimum absolute atomic E-state index is 0.00508. The maximum atomic E-state index is 13.0. The number of fused-ring (bicyclic) bond motifs is 1. The van der Waals surface area contributed by atoms with Crippen molar-refractivity contribution >= 4 is 15.9 Å². The lowest BCUT2D eigenvalue weighted by molar-refractivity contribution is 0.0945. The first-order chi connectivity index (χ1) is 15.7. The highest BCUT2D eigenvalue weighted by Gasteiger charge is 2.31. The van der Waals surface area contributed by atoms with Gasteiger partial charge >= 0.3 is 0 Å². The standard InChI is InChI=1S/C25H32N2O5S/c1-18-6-4-5-13-27(18)33(29,30)21-10-7-19(8-11-21)24(28)26-17-25(2,3)20-9-12-22-23(16-20)32-15-14-31-22/h7-12,16,18H,4-6,13-15,17H2,1-3H3,(H,26,28). The van der Waals surface area contributed by atoms with Crippen LogP contribution in [0.3, 0.4) is 0 Å². The fraction of sp³-hybridized carbons (Fsp3) is 0.480. The van der Waals surface area contributed by atoms with E-state index in [0.717, 1.165) is 36.3 Å². The van der Waals surface area contributed by atoms with Crippen molar-refractivity contribution in [2.45, 2.75) is 56.4 Å². The average molecular weight is 473 g/mol. The Bertz CT molecular complexity index is 1110. The van der Waals surface area contributed by atoms with Crippen LogP contribution in [0.15, 0.2) is 47.4 Å². The number of rotatable bonds is 6. The van der Waals surface area contributed by atoms with E-state index in [1.807, 2.05) is 39.0 Å². The fourth-order valence-electron chi connectivity index (χ4n) is 4.31. The molecule has 7 nitrogen and oxygen atoms in total. The first kappa shape index (κ1) is 23.6. The summed E-state index contributed by atoms with van der Waals surface area (Å²) in [5.74, 6) is 1.22. The molecule has 0 aromatic heterocycles. The summed E-state index contributed by atoms with van der Waals surface area (Å²) in [6.07, 6.45) is 2.80. The lowest BCUT2D eigenvalue weighted by Crippen LogP contribution is -2.41. The third-order valence-corrected chi connectivity index (χ3v) is 8.51. The lowest BCUT2D eigenvalue weighted by atomic mass is 9.84. The van der Waals surface area contributed by atoms with Gasteiger partial charge in [0.25, 0.3) is 5.91 Å². The van der Waals surface area contributed by atoms with Crippen molar-refractivity contribution in [3.8, 4) is 11.5 Å². The molecule has 1 fully saturated rings. The highest BCUT2D eigenvalue weighted by atomic mass is 32.2. The van der Waals surface area contributed by atoms with Gasteiger partial charge in [-0.2, -0.15) is 4.31 Å². The quantitative estimate of drug-likeness (QED) is 0.693. The average Bonchev–Trinajstić information content (AvgIpc) is 2.82. The highest BCUT2D eigenvalue weighted by Crippen LogP contribution is 2.35. The molecule has 33 heavy (non-hydrogen) atoms. The van der Waals surface area contributed by atoms with Gasteiger partial charge in [-0.15, -0.1) is 0 Å². The van der Waals surface area contributed by atoms with Crippen molar-refractivity contribution in [2.24, 2.45) is 0 Å². The van der Waals surface area contributed by atoms with E-state index in [-0.39, 0.29) is 22.3 Å². The normalized spacial score (nSPS) is 19.2. The number of sulfonamides is 1. The number of benzene rings is 2. The molecule has 1 amide bonds. The van der Waals surface area contributed by atoms with E-state index in [4.69, 9.17) is 9.47 Å². The van der Waals surface area contributed by atoms with Crippen molar-refractivity contribution in [2.75, 3.05) is 26.3 Å². The fourth-order valence-corrected chi connectivity index (χ4v) is 6.01. The van der Waals surface area contributed by atoms with Gasteiger partial charge in [0.1, 0.15) is 13.2 Å². The first-order valence-corrected chi connectivity index (χ1v) is 12.9. The second kappa shape index (κ2) is 9.35. The largest absolute Gasteiger partial charge is 0.486 e. The molecular formula is C25H32N2O5S. The topological polar surface area (TPSA) is 84.9 Å². The van der Waals surface area contributed by atoms with Gasteiger partial charge in [0.05, 0.1) is 4.90 Å². The maximum absolute atomic E-state index is 13.0. The van der Waals surface area contributed by atoms with Gasteiger partial charge in [-0.1, -0.05) is 26.3 Å². The molecule has 8 heteroatoms. The van der Waals surface area contributed by atoms with Gasteiger partial charge in [-0.25, -0.2) is 8.42 Å². The molecule has 2 aromatic rings. The Labute approximate surface area is 196 Å². The summed E-state index contributed by atoms with van der Waals surface area (Å²) < 4.78 is 38.8. The van der Waals surface area contributed by atoms with Crippen LogP contribution in [0.25, 0.3) is 0 Å². The van der Waals surface area contributed by atoms with Gasteiger partial charge < -0.3 is 14.8 Å². The summed E-state index contributed by atoms with van der Waals surface area (Å²) in [7, 11) is -3.55. The number of nitrogens with one attached hydrogen (secondary N) is 1. The third kappa shape index (κ3) is 5.01. The van der Waals surface area contributed by atoms with Crippen LogP contribution in [0.5, 0.6) is 11.5 Å². The molecular weight excluding hydrogens is 440 g/mol. The minimum Gasteiger partial charge on any atom is -0.486 e. The smallest absolute Gasteiger partial charge is 0.251 e. The van der Waals surface area contributed by atoms with E-state index < -0.39 is 10.0 Å². The number of carbonyl (C=O) groups excluding carboxylic acids is 1. The second-order valence-electron chi connectivity index (χ2n) is 9.41. The SMILES string of the molecule is CC1CCCCN1S(=O)(=O)c1ccc(C(=O)NCC(C)(C)c2ccc3c(c2)OCCO3)cc1. The summed E-state index contributed by atoms with van der Waals surface area (Å²) in [6, 6.07) is 12.0. The number of ether oxygens (including phenoxy) is 2. The monoisotopic (exact) mass is 472 g/mol. The molecule has 1 atom stereocenters. The molecule has 2 aromatic carbocycles. The number of piperidine rings is 1. The zero-order chi connectivity index (χ0) is 23.6. The minimum atomic E-state index is -3.55. The van der Waals surface area contributed by atoms with E-state index in [0.29, 0.717) is 31.9 Å². The van der Waals surface area contributed by atoms with Crippen molar-refractivity contribution in [3.63, 3.8) is 0 Å². The van der Waals surface area contributed by atoms with Crippen LogP contribution < -0.4 is 14.8 Å². The first-order valence-electron chi connectivity index (χ1n) is 11.5. The molecule has 178 valence electrons. The van der Waals surface area contributed by atoms with Gasteiger partial charge in [0.15, 0.2) is 11.5 Å². The van der Waals surface area contributed by atoms with Gasteiger partial charge in [0, 0.05) is 30.1 Å². The van der Waals surface area contributed by atoms with Crippen LogP contribution in [0.2, 0.25) is 0 Å². The number of amides is 1. The summed E-state index contributed by atoms with van der Waals surface area (Å²) in [5.41, 5.74) is 1.13. The van der Waals surface area contributed by atoms with E-state index in [9.17, 15) is 13.2 Å². The predicted molar refractivity (Wildman–Crippen MR) is 126 cm³/mol. The molecule has 2 aliphatic rings. The Hall–Kier alpha value is -2.58. The zero-order valence-corrected chi connectivity index (χ0v) is 20.3. The molecule has 0 radical (unpaired) electrons. The molecule has 1 saturated heterocycles. The molecule has 1 N–H and O–H groups in total. The van der Waals surface area contributed by atoms with Crippen LogP contribution in [-0.4, -0.2) is 51.0 Å². The predicted octanol–water partition coefficient (Wildman–Crippen LogP) is 3.73. The van der Waals surface area contributed by atoms with Crippen molar-refractivity contribution in [1.82, 2.24) is 9.62 Å². The Morgan fingerprint density at radius 2 is 1.76 bits per heavy atom. The molecule has 2 aliphatic heterocycles. The van der Waals surface area contributed by atoms with E-state index in [1.165, 1.54) is 12.1 Å². The molecule has 4 rings (SSSR count). The van der Waals surface area contributed by atoms with Crippen LogP contribution >= 0.6 is 0 Å². The van der Waals surface area contributed by atoms with Crippen molar-refractivity contribution in [3.05, 3.63) is 53.6 Å². The van der Waals surface area contributed by atoms with E-state index in [2.05, 4.69) is 5.32 Å². The molecule has 0 bridgehead atoms. The van der Waals surface area contributed by atoms with Crippen LogP contribution in [0.1, 0.15) is 56.0 Å². The summed E-state index contributed by atoms with van der Waals surface area (Å²) in [6.45, 7) is 8.07. The van der Waals surface area contributed by atoms with Gasteiger partial charge in [-0.3, -0.25) is 4.79 Å². The number of nitrogens with zero attached hydrogens (tertiary/aromatic N) is 1. The van der Waals surface area contributed by atoms with E-state index >= 15 is 0 Å². The Morgan fingerprint density at radius 1 is 1.06 bits per heavy atom. The maximum Gasteiger partial charge on any atom is 0.251 e. The Kier molecular flexibility index (Phi) is 6.68. The highest BCUT2D eigenvalue weighted by molar-refractivity contribution is 7.89. The Balaban J connectivity index is 1.41. The third-order valence-electron chi connectivity index (χ3n) is 6.48. The number of carbonyl (C=O) groups is 1. The zero-order valence-electron chi connectivity index (χ0n) is 19.5. The molecule has 0 spiro atoms. The number of hydrogen-bond donors (Lipinski definition) is 1. The molecule has 2 heterocycles. The van der Waals surface area contributed by atoms with Gasteiger partial charge in [-0.05, 0) is 61.7 Å². The second-order valence-corrected chi connectivity index (χ2v) is 11.3.